The second-order valence-corrected chi connectivity index (χ2v) is 12.3. The third kappa shape index (κ3) is 6.41. The van der Waals surface area contributed by atoms with E-state index < -0.39 is 23.5 Å². The molecule has 1 aromatic carbocycles. The van der Waals surface area contributed by atoms with Gasteiger partial charge >= 0.3 is 12.4 Å². The van der Waals surface area contributed by atoms with E-state index in [-0.39, 0.29) is 36.9 Å². The molecule has 2 aliphatic rings. The number of nitrogens with zero attached hydrogens (tertiary/aromatic N) is 4. The van der Waals surface area contributed by atoms with Crippen LogP contribution in [0.1, 0.15) is 66.6 Å². The molecule has 2 aliphatic carbocycles. The highest BCUT2D eigenvalue weighted by Crippen LogP contribution is 2.44. The number of rotatable bonds is 9. The summed E-state index contributed by atoms with van der Waals surface area (Å²) in [5.41, 5.74) is 0.186. The zero-order chi connectivity index (χ0) is 29.7. The molecule has 0 amide bonds. The third-order valence-corrected chi connectivity index (χ3v) is 8.10. The van der Waals surface area contributed by atoms with Gasteiger partial charge in [-0.05, 0) is 71.3 Å². The first kappa shape index (κ1) is 29.8. The van der Waals surface area contributed by atoms with Gasteiger partial charge in [-0.2, -0.15) is 31.4 Å². The zero-order valence-electron chi connectivity index (χ0n) is 22.5. The fourth-order valence-corrected chi connectivity index (χ4v) is 5.68. The molecule has 13 heteroatoms. The Kier molecular flexibility index (Phi) is 7.92. The third-order valence-electron chi connectivity index (χ3n) is 7.69. The molecular weight excluding hydrogens is 616 g/mol. The van der Waals surface area contributed by atoms with Gasteiger partial charge in [-0.25, -0.2) is 9.67 Å². The molecule has 2 aromatic heterocycles. The standard InChI is InChI=1S/C28H30BrF6N5O/c1-26(2)6-5-21-23(40-14-20(29)11-37-40)22(25(38-24(21)26)39(15-41)13-16-3-4-16)12-36-10-17-7-18(27(30,31)32)9-19(8-17)28(33,34)35/h7-9,11,14,16,36,41H,3-6,10,12-13,15H2,1-2H3. The van der Waals surface area contributed by atoms with Crippen molar-refractivity contribution in [3.05, 3.63) is 68.6 Å². The summed E-state index contributed by atoms with van der Waals surface area (Å²) >= 11 is 3.44. The van der Waals surface area contributed by atoms with Crippen molar-refractivity contribution in [1.29, 1.82) is 0 Å². The number of nitrogens with one attached hydrogen (secondary N) is 1. The normalized spacial score (nSPS) is 16.7. The monoisotopic (exact) mass is 645 g/mol. The number of aliphatic hydroxyl groups excluding tert-OH is 1. The number of fused-ring (bicyclic) bond motifs is 1. The van der Waals surface area contributed by atoms with Crippen molar-refractivity contribution >= 4 is 21.7 Å². The average Bonchev–Trinajstić information content (AvgIpc) is 3.53. The van der Waals surface area contributed by atoms with E-state index in [1.165, 1.54) is 0 Å². The lowest BCUT2D eigenvalue weighted by Gasteiger charge is -2.29. The van der Waals surface area contributed by atoms with Crippen LogP contribution in [0.5, 0.6) is 0 Å². The summed E-state index contributed by atoms with van der Waals surface area (Å²) in [6.07, 6.45) is -2.78. The lowest BCUT2D eigenvalue weighted by Crippen LogP contribution is -2.31. The number of anilines is 1. The van der Waals surface area contributed by atoms with Crippen LogP contribution in [-0.4, -0.2) is 33.1 Å². The predicted octanol–water partition coefficient (Wildman–Crippen LogP) is 6.75. The SMILES string of the molecule is CC1(C)CCc2c1nc(N(CO)CC1CC1)c(CNCc1cc(C(F)(F)F)cc(C(F)(F)F)c1)c2-n1cc(Br)cn1. The van der Waals surface area contributed by atoms with E-state index in [2.05, 4.69) is 40.2 Å². The number of hydrogen-bond donors (Lipinski definition) is 2. The largest absolute Gasteiger partial charge is 0.416 e. The zero-order valence-corrected chi connectivity index (χ0v) is 24.1. The number of aliphatic hydroxyl groups is 1. The summed E-state index contributed by atoms with van der Waals surface area (Å²) in [6, 6.07) is 1.58. The van der Waals surface area contributed by atoms with Gasteiger partial charge in [0.15, 0.2) is 0 Å². The highest BCUT2D eigenvalue weighted by atomic mass is 79.9. The molecule has 6 nitrogen and oxygen atoms in total. The van der Waals surface area contributed by atoms with Crippen LogP contribution in [0.25, 0.3) is 5.69 Å². The molecule has 0 aliphatic heterocycles. The molecule has 222 valence electrons. The maximum Gasteiger partial charge on any atom is 0.416 e. The molecule has 2 heterocycles. The highest BCUT2D eigenvalue weighted by Gasteiger charge is 2.39. The molecular formula is C28H30BrF6N5O. The Balaban J connectivity index is 1.56. The Bertz CT molecular complexity index is 1400. The molecule has 0 spiro atoms. The molecule has 5 rings (SSSR count). The topological polar surface area (TPSA) is 66.2 Å². The number of pyridine rings is 1. The Labute approximate surface area is 241 Å². The fraction of sp³-hybridized carbons (Fsp3) is 0.500. The summed E-state index contributed by atoms with van der Waals surface area (Å²) < 4.78 is 82.9. The van der Waals surface area contributed by atoms with Crippen LogP contribution in [0.3, 0.4) is 0 Å². The molecule has 0 saturated heterocycles. The minimum atomic E-state index is -4.93. The van der Waals surface area contributed by atoms with Crippen LogP contribution in [0.15, 0.2) is 35.1 Å². The molecule has 2 N–H and O–H groups in total. The van der Waals surface area contributed by atoms with Crippen molar-refractivity contribution in [2.75, 3.05) is 18.2 Å². The van der Waals surface area contributed by atoms with Gasteiger partial charge < -0.3 is 15.3 Å². The average molecular weight is 646 g/mol. The lowest BCUT2D eigenvalue weighted by molar-refractivity contribution is -0.143. The van der Waals surface area contributed by atoms with E-state index in [0.717, 1.165) is 59.2 Å². The second kappa shape index (κ2) is 10.9. The van der Waals surface area contributed by atoms with Gasteiger partial charge in [-0.15, -0.1) is 0 Å². The quantitative estimate of drug-likeness (QED) is 0.199. The van der Waals surface area contributed by atoms with Gasteiger partial charge in [0.1, 0.15) is 12.5 Å². The van der Waals surface area contributed by atoms with E-state index in [9.17, 15) is 31.4 Å². The van der Waals surface area contributed by atoms with Crippen molar-refractivity contribution < 1.29 is 31.4 Å². The van der Waals surface area contributed by atoms with Crippen LogP contribution in [0, 0.1) is 5.92 Å². The van der Waals surface area contributed by atoms with Crippen molar-refractivity contribution in [1.82, 2.24) is 20.1 Å². The first-order valence-electron chi connectivity index (χ1n) is 13.3. The van der Waals surface area contributed by atoms with Crippen LogP contribution < -0.4 is 10.2 Å². The van der Waals surface area contributed by atoms with Gasteiger partial charge in [-0.1, -0.05) is 13.8 Å². The van der Waals surface area contributed by atoms with E-state index >= 15 is 0 Å². The first-order chi connectivity index (χ1) is 19.2. The number of hydrogen-bond acceptors (Lipinski definition) is 5. The molecule has 0 bridgehead atoms. The summed E-state index contributed by atoms with van der Waals surface area (Å²) in [5, 5.41) is 17.9. The summed E-state index contributed by atoms with van der Waals surface area (Å²) in [6.45, 7) is 4.32. The minimum Gasteiger partial charge on any atom is -0.376 e. The van der Waals surface area contributed by atoms with Crippen LogP contribution >= 0.6 is 15.9 Å². The lowest BCUT2D eigenvalue weighted by atomic mass is 9.90. The van der Waals surface area contributed by atoms with E-state index in [1.54, 1.807) is 22.0 Å². The smallest absolute Gasteiger partial charge is 0.376 e. The Morgan fingerprint density at radius 3 is 2.27 bits per heavy atom. The molecule has 1 saturated carbocycles. The van der Waals surface area contributed by atoms with Crippen LogP contribution in [0.2, 0.25) is 0 Å². The Hall–Kier alpha value is -2.64. The Morgan fingerprint density at radius 1 is 1.07 bits per heavy atom. The maximum absolute atomic E-state index is 13.4. The van der Waals surface area contributed by atoms with Crippen molar-refractivity contribution in [2.24, 2.45) is 5.92 Å². The summed E-state index contributed by atoms with van der Waals surface area (Å²) in [7, 11) is 0. The predicted molar refractivity (Wildman–Crippen MR) is 145 cm³/mol. The summed E-state index contributed by atoms with van der Waals surface area (Å²) in [4.78, 5) is 6.83. The van der Waals surface area contributed by atoms with E-state index in [0.29, 0.717) is 23.8 Å². The number of alkyl halides is 6. The van der Waals surface area contributed by atoms with E-state index in [1.807, 2.05) is 0 Å². The number of benzene rings is 1. The van der Waals surface area contributed by atoms with Gasteiger partial charge in [-0.3, -0.25) is 0 Å². The van der Waals surface area contributed by atoms with Gasteiger partial charge in [0.05, 0.1) is 33.2 Å². The van der Waals surface area contributed by atoms with Crippen molar-refractivity contribution in [3.63, 3.8) is 0 Å². The molecule has 0 radical (unpaired) electrons. The van der Waals surface area contributed by atoms with Crippen molar-refractivity contribution in [3.8, 4) is 5.69 Å². The number of halogens is 7. The van der Waals surface area contributed by atoms with Gasteiger partial charge in [0.25, 0.3) is 0 Å². The van der Waals surface area contributed by atoms with Crippen LogP contribution in [-0.2, 0) is 37.3 Å². The second-order valence-electron chi connectivity index (χ2n) is 11.4. The van der Waals surface area contributed by atoms with E-state index in [4.69, 9.17) is 4.98 Å². The van der Waals surface area contributed by atoms with Crippen molar-refractivity contribution in [2.45, 2.75) is 70.4 Å². The molecule has 41 heavy (non-hydrogen) atoms. The molecule has 3 aromatic rings. The maximum atomic E-state index is 13.4. The van der Waals surface area contributed by atoms with Crippen LogP contribution in [0.4, 0.5) is 32.2 Å². The van der Waals surface area contributed by atoms with Gasteiger partial charge in [0.2, 0.25) is 0 Å². The summed E-state index contributed by atoms with van der Waals surface area (Å²) in [5.74, 6) is 0.946. The Morgan fingerprint density at radius 2 is 1.73 bits per heavy atom. The molecule has 1 fully saturated rings. The number of aromatic nitrogens is 3. The van der Waals surface area contributed by atoms with Gasteiger partial charge in [0, 0.05) is 42.4 Å². The minimum absolute atomic E-state index is 0.0710. The molecule has 0 atom stereocenters. The fourth-order valence-electron chi connectivity index (χ4n) is 5.39. The molecule has 0 unspecified atom stereocenters. The first-order valence-corrected chi connectivity index (χ1v) is 14.1. The highest BCUT2D eigenvalue weighted by molar-refractivity contribution is 9.10.